The van der Waals surface area contributed by atoms with Crippen LogP contribution in [0.2, 0.25) is 10.0 Å². The predicted molar refractivity (Wildman–Crippen MR) is 102 cm³/mol. The van der Waals surface area contributed by atoms with Crippen molar-refractivity contribution in [1.29, 1.82) is 0 Å². The summed E-state index contributed by atoms with van der Waals surface area (Å²) >= 11 is 12.7. The second kappa shape index (κ2) is 8.28. The molecule has 0 bridgehead atoms. The molecule has 0 aromatic heterocycles. The Balaban J connectivity index is 2.18. The molecule has 6 heteroatoms. The fourth-order valence-corrected chi connectivity index (χ4v) is 3.86. The Morgan fingerprint density at radius 1 is 1.00 bits per heavy atom. The van der Waals surface area contributed by atoms with Gasteiger partial charge in [0.2, 0.25) is 0 Å². The van der Waals surface area contributed by atoms with Gasteiger partial charge in [0.05, 0.1) is 25.8 Å². The van der Waals surface area contributed by atoms with Gasteiger partial charge in [0.25, 0.3) is 0 Å². The lowest BCUT2D eigenvalue weighted by molar-refractivity contribution is 0.192. The van der Waals surface area contributed by atoms with Crippen LogP contribution in [0.4, 0.5) is 0 Å². The van der Waals surface area contributed by atoms with Crippen LogP contribution < -0.4 is 14.8 Å². The highest BCUT2D eigenvalue weighted by molar-refractivity contribution is 6.35. The summed E-state index contributed by atoms with van der Waals surface area (Å²) in [7, 11) is 3.35. The smallest absolute Gasteiger partial charge is 0.127 e. The highest BCUT2D eigenvalue weighted by Gasteiger charge is 2.30. The van der Waals surface area contributed by atoms with Crippen LogP contribution in [0, 0.1) is 0 Å². The molecule has 1 unspecified atom stereocenters. The van der Waals surface area contributed by atoms with E-state index in [0.717, 1.165) is 48.8 Å². The van der Waals surface area contributed by atoms with Gasteiger partial charge in [0.15, 0.2) is 0 Å². The van der Waals surface area contributed by atoms with E-state index >= 15 is 0 Å². The zero-order valence-corrected chi connectivity index (χ0v) is 15.9. The Hall–Kier alpha value is -1.46. The maximum absolute atomic E-state index is 6.58. The van der Waals surface area contributed by atoms with Crippen molar-refractivity contribution in [2.24, 2.45) is 0 Å². The molecule has 0 spiro atoms. The van der Waals surface area contributed by atoms with Gasteiger partial charge >= 0.3 is 0 Å². The van der Waals surface area contributed by atoms with E-state index in [9.17, 15) is 0 Å². The van der Waals surface area contributed by atoms with E-state index in [1.807, 2.05) is 30.3 Å². The molecule has 0 aliphatic carbocycles. The lowest BCUT2D eigenvalue weighted by Crippen LogP contribution is -2.45. The third-order valence-electron chi connectivity index (χ3n) is 4.51. The van der Waals surface area contributed by atoms with Crippen molar-refractivity contribution >= 4 is 23.2 Å². The van der Waals surface area contributed by atoms with Crippen LogP contribution >= 0.6 is 23.2 Å². The summed E-state index contributed by atoms with van der Waals surface area (Å²) in [6, 6.07) is 11.4. The van der Waals surface area contributed by atoms with Gasteiger partial charge in [0, 0.05) is 36.2 Å². The molecule has 134 valence electrons. The second-order valence-electron chi connectivity index (χ2n) is 5.93. The molecule has 1 aliphatic heterocycles. The van der Waals surface area contributed by atoms with Crippen molar-refractivity contribution in [3.05, 3.63) is 57.6 Å². The summed E-state index contributed by atoms with van der Waals surface area (Å²) in [5.74, 6) is 1.57. The molecule has 1 N–H and O–H groups in total. The number of methoxy groups -OCH3 is 2. The highest BCUT2D eigenvalue weighted by atomic mass is 35.5. The first-order chi connectivity index (χ1) is 12.2. The van der Waals surface area contributed by atoms with Gasteiger partial charge in [-0.3, -0.25) is 4.90 Å². The monoisotopic (exact) mass is 380 g/mol. The standard InChI is InChI=1S/C19H22Cl2N2O2/c1-24-16-4-3-5-17(25-2)18(16)19(23-10-8-22-9-11-23)14-7-6-13(20)12-15(14)21/h3-7,12,19,22H,8-11H2,1-2H3. The Kier molecular flexibility index (Phi) is 6.07. The number of ether oxygens (including phenoxy) is 2. The SMILES string of the molecule is COc1cccc(OC)c1C(c1ccc(Cl)cc1Cl)N1CCNCC1. The van der Waals surface area contributed by atoms with E-state index < -0.39 is 0 Å². The van der Waals surface area contributed by atoms with Crippen LogP contribution in [0.15, 0.2) is 36.4 Å². The molecule has 25 heavy (non-hydrogen) atoms. The van der Waals surface area contributed by atoms with Gasteiger partial charge in [-0.25, -0.2) is 0 Å². The van der Waals surface area contributed by atoms with Crippen LogP contribution in [0.5, 0.6) is 11.5 Å². The molecular formula is C19H22Cl2N2O2. The van der Waals surface area contributed by atoms with E-state index in [2.05, 4.69) is 10.2 Å². The molecule has 1 atom stereocenters. The number of hydrogen-bond donors (Lipinski definition) is 1. The molecule has 1 saturated heterocycles. The van der Waals surface area contributed by atoms with Crippen LogP contribution in [0.25, 0.3) is 0 Å². The first-order valence-corrected chi connectivity index (χ1v) is 9.02. The van der Waals surface area contributed by atoms with Crippen LogP contribution in [-0.2, 0) is 0 Å². The fraction of sp³-hybridized carbons (Fsp3) is 0.368. The Labute approximate surface area is 158 Å². The fourth-order valence-electron chi connectivity index (χ4n) is 3.35. The van der Waals surface area contributed by atoms with E-state index in [-0.39, 0.29) is 6.04 Å². The minimum atomic E-state index is -0.0713. The minimum Gasteiger partial charge on any atom is -0.496 e. The molecule has 0 saturated carbocycles. The lowest BCUT2D eigenvalue weighted by Gasteiger charge is -2.37. The van der Waals surface area contributed by atoms with Crippen LogP contribution in [0.1, 0.15) is 17.2 Å². The number of benzene rings is 2. The van der Waals surface area contributed by atoms with Gasteiger partial charge in [-0.2, -0.15) is 0 Å². The van der Waals surface area contributed by atoms with Gasteiger partial charge in [-0.15, -0.1) is 0 Å². The third-order valence-corrected chi connectivity index (χ3v) is 5.08. The van der Waals surface area contributed by atoms with Crippen molar-refractivity contribution in [2.75, 3.05) is 40.4 Å². The number of nitrogens with one attached hydrogen (secondary N) is 1. The Bertz CT molecular complexity index is 711. The summed E-state index contributed by atoms with van der Waals surface area (Å²) in [4.78, 5) is 2.39. The van der Waals surface area contributed by atoms with Crippen LogP contribution in [-0.4, -0.2) is 45.3 Å². The first-order valence-electron chi connectivity index (χ1n) is 8.26. The quantitative estimate of drug-likeness (QED) is 0.849. The molecule has 4 nitrogen and oxygen atoms in total. The molecule has 0 amide bonds. The van der Waals surface area contributed by atoms with Gasteiger partial charge in [0.1, 0.15) is 11.5 Å². The molecular weight excluding hydrogens is 359 g/mol. The molecule has 1 aliphatic rings. The van der Waals surface area contributed by atoms with Gasteiger partial charge < -0.3 is 14.8 Å². The van der Waals surface area contributed by atoms with Crippen molar-refractivity contribution in [1.82, 2.24) is 10.2 Å². The van der Waals surface area contributed by atoms with Crippen molar-refractivity contribution in [2.45, 2.75) is 6.04 Å². The van der Waals surface area contributed by atoms with Crippen molar-refractivity contribution < 1.29 is 9.47 Å². The lowest BCUT2D eigenvalue weighted by atomic mass is 9.94. The Morgan fingerprint density at radius 2 is 1.64 bits per heavy atom. The zero-order chi connectivity index (χ0) is 17.8. The zero-order valence-electron chi connectivity index (χ0n) is 14.4. The van der Waals surface area contributed by atoms with E-state index in [0.29, 0.717) is 10.0 Å². The van der Waals surface area contributed by atoms with E-state index in [4.69, 9.17) is 32.7 Å². The normalized spacial score (nSPS) is 16.5. The number of piperazine rings is 1. The topological polar surface area (TPSA) is 33.7 Å². The number of halogens is 2. The first kappa shape index (κ1) is 18.3. The van der Waals surface area contributed by atoms with Crippen molar-refractivity contribution in [3.8, 4) is 11.5 Å². The summed E-state index contributed by atoms with van der Waals surface area (Å²) < 4.78 is 11.3. The minimum absolute atomic E-state index is 0.0713. The number of hydrogen-bond acceptors (Lipinski definition) is 4. The molecule has 1 fully saturated rings. The Morgan fingerprint density at radius 3 is 2.20 bits per heavy atom. The molecule has 2 aromatic carbocycles. The van der Waals surface area contributed by atoms with E-state index in [1.54, 1.807) is 20.3 Å². The molecule has 3 rings (SSSR count). The summed E-state index contributed by atoms with van der Waals surface area (Å²) in [5, 5.41) is 4.66. The largest absolute Gasteiger partial charge is 0.496 e. The van der Waals surface area contributed by atoms with Crippen molar-refractivity contribution in [3.63, 3.8) is 0 Å². The third kappa shape index (κ3) is 3.87. The van der Waals surface area contributed by atoms with Crippen LogP contribution in [0.3, 0.4) is 0 Å². The van der Waals surface area contributed by atoms with Gasteiger partial charge in [-0.1, -0.05) is 35.3 Å². The molecule has 1 heterocycles. The van der Waals surface area contributed by atoms with E-state index in [1.165, 1.54) is 0 Å². The number of rotatable bonds is 5. The molecule has 2 aromatic rings. The molecule has 0 radical (unpaired) electrons. The average Bonchev–Trinajstić information content (AvgIpc) is 2.64. The summed E-state index contributed by atoms with van der Waals surface area (Å²) in [5.41, 5.74) is 1.98. The maximum Gasteiger partial charge on any atom is 0.127 e. The second-order valence-corrected chi connectivity index (χ2v) is 6.77. The highest BCUT2D eigenvalue weighted by Crippen LogP contribution is 2.43. The summed E-state index contributed by atoms with van der Waals surface area (Å²) in [6.07, 6.45) is 0. The summed E-state index contributed by atoms with van der Waals surface area (Å²) in [6.45, 7) is 3.67. The number of nitrogens with zero attached hydrogens (tertiary/aromatic N) is 1. The van der Waals surface area contributed by atoms with Gasteiger partial charge in [-0.05, 0) is 29.8 Å². The predicted octanol–water partition coefficient (Wildman–Crippen LogP) is 4.01. The maximum atomic E-state index is 6.58. The average molecular weight is 381 g/mol.